The van der Waals surface area contributed by atoms with Crippen LogP contribution in [-0.2, 0) is 16.1 Å². The number of likely N-dealkylation sites (tertiary alicyclic amines) is 2. The Hall–Kier alpha value is -3.42. The highest BCUT2D eigenvalue weighted by Gasteiger charge is 2.46. The van der Waals surface area contributed by atoms with Gasteiger partial charge >= 0.3 is 6.09 Å². The van der Waals surface area contributed by atoms with E-state index in [1.54, 1.807) is 17.0 Å². The summed E-state index contributed by atoms with van der Waals surface area (Å²) in [4.78, 5) is 43.0. The monoisotopic (exact) mass is 465 g/mol. The van der Waals surface area contributed by atoms with Crippen molar-refractivity contribution < 1.29 is 23.5 Å². The van der Waals surface area contributed by atoms with Crippen molar-refractivity contribution >= 4 is 23.6 Å². The maximum Gasteiger partial charge on any atom is 0.415 e. The normalized spacial score (nSPS) is 22.9. The Balaban J connectivity index is 1.25. The van der Waals surface area contributed by atoms with Crippen LogP contribution in [0.15, 0.2) is 48.5 Å². The standard InChI is InChI=1S/C26H28FN3O4/c27-21-7-9-22(10-8-21)30-18-26(34-25(30)33)11-3-14-28(15-12-26)24(32)20-5-1-4-19(16-20)17-29-13-2-6-23(29)31/h1,4-5,7-10,16H,2-3,6,11-15,17-18H2/t26-/m0/s1. The second kappa shape index (κ2) is 9.08. The molecule has 2 aromatic rings. The first-order valence-electron chi connectivity index (χ1n) is 11.8. The lowest BCUT2D eigenvalue weighted by Gasteiger charge is -2.26. The third kappa shape index (κ3) is 4.49. The van der Waals surface area contributed by atoms with Gasteiger partial charge in [-0.25, -0.2) is 9.18 Å². The molecule has 3 heterocycles. The minimum absolute atomic E-state index is 0.0497. The summed E-state index contributed by atoms with van der Waals surface area (Å²) in [6.45, 7) is 2.75. The molecule has 2 aromatic carbocycles. The van der Waals surface area contributed by atoms with Crippen LogP contribution in [0.2, 0.25) is 0 Å². The van der Waals surface area contributed by atoms with Gasteiger partial charge < -0.3 is 14.5 Å². The van der Waals surface area contributed by atoms with E-state index >= 15 is 0 Å². The first kappa shape index (κ1) is 22.4. The highest BCUT2D eigenvalue weighted by molar-refractivity contribution is 5.94. The summed E-state index contributed by atoms with van der Waals surface area (Å²) in [5.74, 6) is -0.243. The SMILES string of the molecule is O=C1CCCN1Cc1cccc(C(=O)N2CCC[C@]3(CC2)CN(c2ccc(F)cc2)C(=O)O3)c1. The number of hydrogen-bond donors (Lipinski definition) is 0. The fraction of sp³-hybridized carbons (Fsp3) is 0.423. The zero-order valence-corrected chi connectivity index (χ0v) is 19.0. The molecule has 0 bridgehead atoms. The molecule has 0 radical (unpaired) electrons. The minimum atomic E-state index is -0.654. The molecule has 3 amide bonds. The summed E-state index contributed by atoms with van der Waals surface area (Å²) in [6, 6.07) is 13.3. The van der Waals surface area contributed by atoms with Gasteiger partial charge in [0.25, 0.3) is 5.91 Å². The summed E-state index contributed by atoms with van der Waals surface area (Å²) in [5.41, 5.74) is 1.51. The van der Waals surface area contributed by atoms with Gasteiger partial charge in [0.15, 0.2) is 0 Å². The molecule has 0 N–H and O–H groups in total. The van der Waals surface area contributed by atoms with E-state index in [9.17, 15) is 18.8 Å². The van der Waals surface area contributed by atoms with Gasteiger partial charge in [-0.1, -0.05) is 12.1 Å². The Kier molecular flexibility index (Phi) is 5.98. The smallest absolute Gasteiger partial charge is 0.415 e. The van der Waals surface area contributed by atoms with Crippen molar-refractivity contribution in [3.05, 3.63) is 65.5 Å². The van der Waals surface area contributed by atoms with Crippen molar-refractivity contribution in [1.82, 2.24) is 9.80 Å². The Morgan fingerprint density at radius 1 is 1.00 bits per heavy atom. The summed E-state index contributed by atoms with van der Waals surface area (Å²) in [5, 5.41) is 0. The van der Waals surface area contributed by atoms with Gasteiger partial charge in [-0.3, -0.25) is 14.5 Å². The maximum atomic E-state index is 13.3. The van der Waals surface area contributed by atoms with Crippen LogP contribution in [0, 0.1) is 5.82 Å². The molecule has 0 saturated carbocycles. The molecule has 0 aliphatic carbocycles. The van der Waals surface area contributed by atoms with Gasteiger partial charge in [0.2, 0.25) is 5.91 Å². The van der Waals surface area contributed by atoms with E-state index < -0.39 is 11.7 Å². The van der Waals surface area contributed by atoms with Crippen LogP contribution in [0.5, 0.6) is 0 Å². The molecule has 3 aliphatic rings. The number of amides is 3. The number of ether oxygens (including phenoxy) is 1. The van der Waals surface area contributed by atoms with Crippen molar-refractivity contribution in [2.24, 2.45) is 0 Å². The second-order valence-electron chi connectivity index (χ2n) is 9.38. The van der Waals surface area contributed by atoms with Crippen molar-refractivity contribution in [2.45, 2.75) is 44.2 Å². The van der Waals surface area contributed by atoms with Gasteiger partial charge in [-0.2, -0.15) is 0 Å². The molecule has 5 rings (SSSR count). The van der Waals surface area contributed by atoms with Gasteiger partial charge in [-0.15, -0.1) is 0 Å². The van der Waals surface area contributed by atoms with Crippen LogP contribution >= 0.6 is 0 Å². The van der Waals surface area contributed by atoms with E-state index in [1.807, 2.05) is 34.1 Å². The number of anilines is 1. The molecule has 0 aromatic heterocycles. The average molecular weight is 466 g/mol. The summed E-state index contributed by atoms with van der Waals surface area (Å²) in [7, 11) is 0. The number of rotatable bonds is 4. The molecule has 8 heteroatoms. The highest BCUT2D eigenvalue weighted by Crippen LogP contribution is 2.36. The van der Waals surface area contributed by atoms with Gasteiger partial charge in [0.05, 0.1) is 6.54 Å². The largest absolute Gasteiger partial charge is 0.441 e. The quantitative estimate of drug-likeness (QED) is 0.685. The predicted molar refractivity (Wildman–Crippen MR) is 124 cm³/mol. The maximum absolute atomic E-state index is 13.3. The zero-order chi connectivity index (χ0) is 23.7. The van der Waals surface area contributed by atoms with Crippen molar-refractivity contribution in [2.75, 3.05) is 31.1 Å². The molecule has 7 nitrogen and oxygen atoms in total. The summed E-state index contributed by atoms with van der Waals surface area (Å²) < 4.78 is 19.1. The molecule has 3 fully saturated rings. The third-order valence-corrected chi connectivity index (χ3v) is 7.01. The molecule has 3 aliphatic heterocycles. The number of halogens is 1. The first-order valence-corrected chi connectivity index (χ1v) is 11.8. The Morgan fingerprint density at radius 3 is 2.59 bits per heavy atom. The summed E-state index contributed by atoms with van der Waals surface area (Å²) >= 11 is 0. The molecule has 34 heavy (non-hydrogen) atoms. The molecule has 0 unspecified atom stereocenters. The van der Waals surface area contributed by atoms with Crippen molar-refractivity contribution in [3.63, 3.8) is 0 Å². The van der Waals surface area contributed by atoms with Crippen molar-refractivity contribution in [1.29, 1.82) is 0 Å². The van der Waals surface area contributed by atoms with E-state index in [1.165, 1.54) is 12.1 Å². The lowest BCUT2D eigenvalue weighted by Crippen LogP contribution is -2.37. The number of nitrogens with zero attached hydrogens (tertiary/aromatic N) is 3. The van der Waals surface area contributed by atoms with Crippen LogP contribution in [-0.4, -0.2) is 59.5 Å². The molecular weight excluding hydrogens is 437 g/mol. The van der Waals surface area contributed by atoms with E-state index in [4.69, 9.17) is 4.74 Å². The zero-order valence-electron chi connectivity index (χ0n) is 19.0. The average Bonchev–Trinajstić information content (AvgIpc) is 3.31. The minimum Gasteiger partial charge on any atom is -0.441 e. The lowest BCUT2D eigenvalue weighted by molar-refractivity contribution is -0.128. The molecule has 3 saturated heterocycles. The second-order valence-corrected chi connectivity index (χ2v) is 9.38. The van der Waals surface area contributed by atoms with Gasteiger partial charge in [0, 0.05) is 50.3 Å². The van der Waals surface area contributed by atoms with Crippen LogP contribution in [0.25, 0.3) is 0 Å². The lowest BCUT2D eigenvalue weighted by atomic mass is 9.95. The molecule has 178 valence electrons. The predicted octanol–water partition coefficient (Wildman–Crippen LogP) is 3.97. The van der Waals surface area contributed by atoms with E-state index in [0.29, 0.717) is 56.7 Å². The van der Waals surface area contributed by atoms with Crippen LogP contribution in [0.3, 0.4) is 0 Å². The van der Waals surface area contributed by atoms with Gasteiger partial charge in [0.1, 0.15) is 11.4 Å². The number of hydrogen-bond acceptors (Lipinski definition) is 4. The van der Waals surface area contributed by atoms with E-state index in [2.05, 4.69) is 0 Å². The fourth-order valence-corrected chi connectivity index (χ4v) is 5.15. The fourth-order valence-electron chi connectivity index (χ4n) is 5.15. The molecule has 1 spiro atoms. The third-order valence-electron chi connectivity index (χ3n) is 7.01. The van der Waals surface area contributed by atoms with Crippen LogP contribution in [0.1, 0.15) is 48.0 Å². The number of carbonyl (C=O) groups is 3. The molecular formula is C26H28FN3O4. The van der Waals surface area contributed by atoms with Crippen LogP contribution in [0.4, 0.5) is 14.9 Å². The Labute approximate surface area is 198 Å². The van der Waals surface area contributed by atoms with Crippen molar-refractivity contribution in [3.8, 4) is 0 Å². The highest BCUT2D eigenvalue weighted by atomic mass is 19.1. The molecule has 1 atom stereocenters. The Bertz CT molecular complexity index is 1110. The number of benzene rings is 2. The van der Waals surface area contributed by atoms with Crippen LogP contribution < -0.4 is 4.90 Å². The van der Waals surface area contributed by atoms with E-state index in [0.717, 1.165) is 24.9 Å². The van der Waals surface area contributed by atoms with Gasteiger partial charge in [-0.05, 0) is 61.2 Å². The number of carbonyl (C=O) groups excluding carboxylic acids is 3. The van der Waals surface area contributed by atoms with E-state index in [-0.39, 0.29) is 17.6 Å². The topological polar surface area (TPSA) is 70.2 Å². The summed E-state index contributed by atoms with van der Waals surface area (Å²) in [6.07, 6.45) is 2.98. The first-order chi connectivity index (χ1) is 16.4. The Morgan fingerprint density at radius 2 is 1.82 bits per heavy atom.